The zero-order valence-corrected chi connectivity index (χ0v) is 17.3. The first-order chi connectivity index (χ1) is 14.1. The summed E-state index contributed by atoms with van der Waals surface area (Å²) in [6, 6.07) is 0. The highest BCUT2D eigenvalue weighted by Gasteiger charge is 2.35. The number of carbonyl (C=O) groups is 3. The Morgan fingerprint density at radius 2 is 1.83 bits per heavy atom. The molecule has 0 bridgehead atoms. The lowest BCUT2D eigenvalue weighted by Gasteiger charge is -2.36. The fourth-order valence-electron chi connectivity index (χ4n) is 3.34. The van der Waals surface area contributed by atoms with Gasteiger partial charge in [-0.05, 0) is 25.2 Å². The molecular formula is C18H30N2O10. The quantitative estimate of drug-likeness (QED) is 0.144. The standard InChI is InChI=1S/C18H30N2O10/c1-13(30-20(25)26)11-27-9-6-16(23)28-14(2)29-17(24)19-12-18(10-15(21)22)7-4-3-5-8-18/h13-14H,3-12H2,1-2H3,(H,19,24)(H,21,22)/t13-,14?/m0/s1. The number of hydrogen-bond acceptors (Lipinski definition) is 9. The average molecular weight is 434 g/mol. The van der Waals surface area contributed by atoms with Crippen molar-refractivity contribution in [3.05, 3.63) is 10.1 Å². The average Bonchev–Trinajstić information content (AvgIpc) is 2.63. The van der Waals surface area contributed by atoms with E-state index in [0.717, 1.165) is 32.1 Å². The Labute approximate surface area is 174 Å². The Kier molecular flexibility index (Phi) is 10.9. The highest BCUT2D eigenvalue weighted by atomic mass is 17.0. The molecule has 1 aliphatic rings. The van der Waals surface area contributed by atoms with Crippen molar-refractivity contribution in [1.29, 1.82) is 0 Å². The summed E-state index contributed by atoms with van der Waals surface area (Å²) in [7, 11) is 0. The van der Waals surface area contributed by atoms with Gasteiger partial charge < -0.3 is 29.5 Å². The summed E-state index contributed by atoms with van der Waals surface area (Å²) in [5.74, 6) is -1.58. The number of carboxylic acids is 1. The van der Waals surface area contributed by atoms with Gasteiger partial charge in [-0.3, -0.25) is 9.59 Å². The van der Waals surface area contributed by atoms with E-state index in [0.29, 0.717) is 0 Å². The van der Waals surface area contributed by atoms with Crippen LogP contribution in [0.25, 0.3) is 0 Å². The van der Waals surface area contributed by atoms with Gasteiger partial charge in [0.15, 0.2) is 0 Å². The minimum Gasteiger partial charge on any atom is -0.481 e. The molecule has 30 heavy (non-hydrogen) atoms. The number of carbonyl (C=O) groups excluding carboxylic acids is 2. The van der Waals surface area contributed by atoms with Crippen LogP contribution in [0, 0.1) is 15.5 Å². The van der Waals surface area contributed by atoms with Gasteiger partial charge in [-0.25, -0.2) is 4.79 Å². The molecule has 0 saturated heterocycles. The monoisotopic (exact) mass is 434 g/mol. The molecule has 0 aromatic carbocycles. The minimum atomic E-state index is -1.14. The lowest BCUT2D eigenvalue weighted by Crippen LogP contribution is -2.41. The Morgan fingerprint density at radius 1 is 1.17 bits per heavy atom. The largest absolute Gasteiger partial charge is 0.481 e. The number of hydrogen-bond donors (Lipinski definition) is 2. The van der Waals surface area contributed by atoms with E-state index in [1.54, 1.807) is 0 Å². The lowest BCUT2D eigenvalue weighted by molar-refractivity contribution is -0.768. The smallest absolute Gasteiger partial charge is 0.410 e. The number of nitrogens with zero attached hydrogens (tertiary/aromatic N) is 1. The molecule has 2 N–H and O–H groups in total. The van der Waals surface area contributed by atoms with Gasteiger partial charge >= 0.3 is 18.0 Å². The number of ether oxygens (including phenoxy) is 3. The molecule has 0 heterocycles. The maximum Gasteiger partial charge on any atom is 0.410 e. The predicted molar refractivity (Wildman–Crippen MR) is 101 cm³/mol. The van der Waals surface area contributed by atoms with E-state index in [1.165, 1.54) is 13.8 Å². The van der Waals surface area contributed by atoms with Gasteiger partial charge in [-0.15, -0.1) is 10.1 Å². The van der Waals surface area contributed by atoms with E-state index >= 15 is 0 Å². The van der Waals surface area contributed by atoms with Crippen LogP contribution in [0.5, 0.6) is 0 Å². The van der Waals surface area contributed by atoms with Crippen LogP contribution in [0.1, 0.15) is 58.8 Å². The summed E-state index contributed by atoms with van der Waals surface area (Å²) < 4.78 is 15.0. The minimum absolute atomic E-state index is 0.0247. The van der Waals surface area contributed by atoms with Crippen LogP contribution in [0.3, 0.4) is 0 Å². The molecular weight excluding hydrogens is 404 g/mol. The molecule has 0 radical (unpaired) electrons. The second-order valence-electron chi connectivity index (χ2n) is 7.41. The molecule has 2 atom stereocenters. The van der Waals surface area contributed by atoms with Gasteiger partial charge in [-0.2, -0.15) is 0 Å². The Balaban J connectivity index is 2.27. The highest BCUT2D eigenvalue weighted by Crippen LogP contribution is 2.38. The van der Waals surface area contributed by atoms with E-state index in [4.69, 9.17) is 19.3 Å². The highest BCUT2D eigenvalue weighted by molar-refractivity contribution is 5.71. The van der Waals surface area contributed by atoms with Crippen LogP contribution in [0.2, 0.25) is 0 Å². The van der Waals surface area contributed by atoms with E-state index in [-0.39, 0.29) is 32.6 Å². The lowest BCUT2D eigenvalue weighted by atomic mass is 9.72. The first-order valence-electron chi connectivity index (χ1n) is 9.86. The van der Waals surface area contributed by atoms with Crippen molar-refractivity contribution in [2.75, 3.05) is 19.8 Å². The second kappa shape index (κ2) is 12.8. The summed E-state index contributed by atoms with van der Waals surface area (Å²) in [6.07, 6.45) is 1.44. The number of nitrogens with one attached hydrogen (secondary N) is 1. The third-order valence-electron chi connectivity index (χ3n) is 4.69. The van der Waals surface area contributed by atoms with Crippen molar-refractivity contribution in [2.24, 2.45) is 5.41 Å². The summed E-state index contributed by atoms with van der Waals surface area (Å²) in [6.45, 7) is 2.89. The van der Waals surface area contributed by atoms with Crippen LogP contribution < -0.4 is 5.32 Å². The topological polar surface area (TPSA) is 164 Å². The predicted octanol–water partition coefficient (Wildman–Crippen LogP) is 2.03. The van der Waals surface area contributed by atoms with Gasteiger partial charge in [-0.1, -0.05) is 19.3 Å². The van der Waals surface area contributed by atoms with Gasteiger partial charge in [0.25, 0.3) is 5.09 Å². The number of carboxylic acid groups (broad SMARTS) is 1. The third kappa shape index (κ3) is 10.8. The molecule has 0 aromatic heterocycles. The van der Waals surface area contributed by atoms with Crippen molar-refractivity contribution >= 4 is 18.0 Å². The van der Waals surface area contributed by atoms with Crippen LogP contribution in [0.15, 0.2) is 0 Å². The molecule has 12 nitrogen and oxygen atoms in total. The van der Waals surface area contributed by atoms with Crippen LogP contribution in [-0.4, -0.2) is 60.4 Å². The van der Waals surface area contributed by atoms with E-state index in [9.17, 15) is 24.5 Å². The van der Waals surface area contributed by atoms with Crippen LogP contribution in [-0.2, 0) is 28.6 Å². The zero-order chi connectivity index (χ0) is 22.6. The molecule has 1 amide bonds. The van der Waals surface area contributed by atoms with Gasteiger partial charge in [0, 0.05) is 13.5 Å². The maximum atomic E-state index is 12.0. The first-order valence-corrected chi connectivity index (χ1v) is 9.86. The van der Waals surface area contributed by atoms with Gasteiger partial charge in [0.2, 0.25) is 6.29 Å². The second-order valence-corrected chi connectivity index (χ2v) is 7.41. The van der Waals surface area contributed by atoms with E-state index in [2.05, 4.69) is 10.2 Å². The molecule has 1 saturated carbocycles. The molecule has 0 aliphatic heterocycles. The molecule has 1 fully saturated rings. The molecule has 0 spiro atoms. The summed E-state index contributed by atoms with van der Waals surface area (Å²) in [4.78, 5) is 49.2. The molecule has 1 unspecified atom stereocenters. The van der Waals surface area contributed by atoms with Crippen molar-refractivity contribution in [1.82, 2.24) is 5.32 Å². The number of rotatable bonds is 13. The molecule has 12 heteroatoms. The zero-order valence-electron chi connectivity index (χ0n) is 17.3. The Hall–Kier alpha value is -2.63. The van der Waals surface area contributed by atoms with E-state index < -0.39 is 40.9 Å². The van der Waals surface area contributed by atoms with Crippen molar-refractivity contribution < 1.29 is 43.6 Å². The first kappa shape index (κ1) is 25.4. The molecule has 172 valence electrons. The summed E-state index contributed by atoms with van der Waals surface area (Å²) in [5, 5.41) is 20.9. The Bertz CT molecular complexity index is 592. The molecule has 1 aliphatic carbocycles. The summed E-state index contributed by atoms with van der Waals surface area (Å²) in [5.41, 5.74) is -0.490. The normalized spacial score (nSPS) is 17.3. The van der Waals surface area contributed by atoms with E-state index in [1.807, 2.05) is 0 Å². The SMILES string of the molecule is CC(OC(=O)CCOC[C@H](C)O[N+](=O)[O-])OC(=O)NCC1(CC(=O)O)CCCCC1. The maximum absolute atomic E-state index is 12.0. The number of alkyl carbamates (subject to hydrolysis) is 1. The van der Waals surface area contributed by atoms with Crippen molar-refractivity contribution in [2.45, 2.75) is 71.2 Å². The molecule has 0 aromatic rings. The van der Waals surface area contributed by atoms with Crippen molar-refractivity contribution in [3.63, 3.8) is 0 Å². The molecule has 1 rings (SSSR count). The fourth-order valence-corrected chi connectivity index (χ4v) is 3.34. The summed E-state index contributed by atoms with van der Waals surface area (Å²) >= 11 is 0. The number of amides is 1. The van der Waals surface area contributed by atoms with Crippen LogP contribution >= 0.6 is 0 Å². The van der Waals surface area contributed by atoms with Crippen LogP contribution in [0.4, 0.5) is 4.79 Å². The van der Waals surface area contributed by atoms with Gasteiger partial charge in [0.05, 0.1) is 26.1 Å². The Morgan fingerprint density at radius 3 is 2.43 bits per heavy atom. The van der Waals surface area contributed by atoms with Gasteiger partial charge in [0.1, 0.15) is 6.10 Å². The number of aliphatic carboxylic acids is 1. The number of esters is 1. The van der Waals surface area contributed by atoms with Crippen molar-refractivity contribution in [3.8, 4) is 0 Å². The third-order valence-corrected chi connectivity index (χ3v) is 4.69. The fraction of sp³-hybridized carbons (Fsp3) is 0.833.